The summed E-state index contributed by atoms with van der Waals surface area (Å²) in [6, 6.07) is 10.7. The van der Waals surface area contributed by atoms with E-state index >= 15 is 0 Å². The number of hydrogen-bond acceptors (Lipinski definition) is 3. The first-order valence-corrected chi connectivity index (χ1v) is 7.78. The minimum atomic E-state index is -0.370. The van der Waals surface area contributed by atoms with Crippen LogP contribution in [0.2, 0.25) is 0 Å². The lowest BCUT2D eigenvalue weighted by molar-refractivity contribution is -0.132. The van der Waals surface area contributed by atoms with Gasteiger partial charge in [-0.2, -0.15) is 0 Å². The highest BCUT2D eigenvalue weighted by molar-refractivity contribution is 5.80. The molecule has 1 amide bonds. The molecule has 0 aliphatic carbocycles. The second kappa shape index (κ2) is 7.57. The summed E-state index contributed by atoms with van der Waals surface area (Å²) >= 11 is 0. The van der Waals surface area contributed by atoms with Crippen LogP contribution in [0.15, 0.2) is 30.3 Å². The van der Waals surface area contributed by atoms with Crippen LogP contribution >= 0.6 is 0 Å². The predicted molar refractivity (Wildman–Crippen MR) is 83.9 cm³/mol. The molecule has 0 unspecified atom stereocenters. The third-order valence-corrected chi connectivity index (χ3v) is 4.05. The van der Waals surface area contributed by atoms with E-state index in [1.165, 1.54) is 5.56 Å². The van der Waals surface area contributed by atoms with Gasteiger partial charge >= 0.3 is 0 Å². The number of benzene rings is 1. The molecule has 2 rings (SSSR count). The Morgan fingerprint density at radius 3 is 2.76 bits per heavy atom. The van der Waals surface area contributed by atoms with E-state index in [1.807, 2.05) is 13.0 Å². The van der Waals surface area contributed by atoms with Crippen molar-refractivity contribution in [1.29, 1.82) is 0 Å². The Morgan fingerprint density at radius 1 is 1.38 bits per heavy atom. The highest BCUT2D eigenvalue weighted by atomic mass is 16.5. The standard InChI is InChI=1S/C17H26N2O2/c1-4-21-14(3)17(20)18-16-12-19(10-13(16)2)11-15-8-6-5-7-9-15/h5-9,13-14,16H,4,10-12H2,1-3H3,(H,18,20)/t13-,14-,16+/m1/s1. The zero-order chi connectivity index (χ0) is 15.2. The van der Waals surface area contributed by atoms with E-state index in [2.05, 4.69) is 41.4 Å². The number of hydrogen-bond donors (Lipinski definition) is 1. The maximum absolute atomic E-state index is 12.0. The SMILES string of the molecule is CCO[C@H](C)C(=O)N[C@H]1CN(Cc2ccccc2)C[C@H]1C. The van der Waals surface area contributed by atoms with Gasteiger partial charge in [0.25, 0.3) is 0 Å². The van der Waals surface area contributed by atoms with Gasteiger partial charge in [-0.3, -0.25) is 9.69 Å². The van der Waals surface area contributed by atoms with Crippen LogP contribution in [-0.4, -0.2) is 42.6 Å². The fourth-order valence-corrected chi connectivity index (χ4v) is 2.85. The van der Waals surface area contributed by atoms with Crippen molar-refractivity contribution < 1.29 is 9.53 Å². The summed E-state index contributed by atoms with van der Waals surface area (Å²) in [5.41, 5.74) is 1.32. The zero-order valence-corrected chi connectivity index (χ0v) is 13.2. The van der Waals surface area contributed by atoms with E-state index < -0.39 is 0 Å². The van der Waals surface area contributed by atoms with Crippen molar-refractivity contribution in [3.8, 4) is 0 Å². The second-order valence-corrected chi connectivity index (χ2v) is 5.87. The normalized spacial score (nSPS) is 24.0. The van der Waals surface area contributed by atoms with Gasteiger partial charge in [0, 0.05) is 32.3 Å². The van der Waals surface area contributed by atoms with E-state index in [-0.39, 0.29) is 18.1 Å². The van der Waals surface area contributed by atoms with Crippen LogP contribution in [0.4, 0.5) is 0 Å². The summed E-state index contributed by atoms with van der Waals surface area (Å²) in [6.45, 7) is 9.34. The zero-order valence-electron chi connectivity index (χ0n) is 13.2. The molecule has 4 nitrogen and oxygen atoms in total. The van der Waals surface area contributed by atoms with E-state index in [0.717, 1.165) is 19.6 Å². The minimum absolute atomic E-state index is 0.00439. The maximum atomic E-state index is 12.0. The Balaban J connectivity index is 1.85. The van der Waals surface area contributed by atoms with Crippen LogP contribution in [0.1, 0.15) is 26.3 Å². The molecule has 1 saturated heterocycles. The molecule has 116 valence electrons. The third-order valence-electron chi connectivity index (χ3n) is 4.05. The topological polar surface area (TPSA) is 41.6 Å². The van der Waals surface area contributed by atoms with E-state index in [0.29, 0.717) is 12.5 Å². The quantitative estimate of drug-likeness (QED) is 0.872. The molecule has 1 heterocycles. The second-order valence-electron chi connectivity index (χ2n) is 5.87. The molecule has 1 fully saturated rings. The number of amides is 1. The number of ether oxygens (including phenoxy) is 1. The van der Waals surface area contributed by atoms with Crippen LogP contribution in [-0.2, 0) is 16.1 Å². The number of rotatable bonds is 6. The van der Waals surface area contributed by atoms with Crippen LogP contribution < -0.4 is 5.32 Å². The number of carbonyl (C=O) groups excluding carboxylic acids is 1. The lowest BCUT2D eigenvalue weighted by Gasteiger charge is -2.20. The summed E-state index contributed by atoms with van der Waals surface area (Å²) in [7, 11) is 0. The molecule has 0 bridgehead atoms. The Hall–Kier alpha value is -1.39. The molecular formula is C17H26N2O2. The number of nitrogens with one attached hydrogen (secondary N) is 1. The van der Waals surface area contributed by atoms with Crippen molar-refractivity contribution in [1.82, 2.24) is 10.2 Å². The van der Waals surface area contributed by atoms with Gasteiger partial charge in [0.05, 0.1) is 0 Å². The Bertz CT molecular complexity index is 449. The van der Waals surface area contributed by atoms with Crippen molar-refractivity contribution in [2.45, 2.75) is 39.5 Å². The lowest BCUT2D eigenvalue weighted by atomic mass is 10.1. The van der Waals surface area contributed by atoms with E-state index in [9.17, 15) is 4.79 Å². The van der Waals surface area contributed by atoms with Crippen LogP contribution in [0.3, 0.4) is 0 Å². The summed E-state index contributed by atoms with van der Waals surface area (Å²) < 4.78 is 5.35. The smallest absolute Gasteiger partial charge is 0.249 e. The number of carbonyl (C=O) groups is 1. The van der Waals surface area contributed by atoms with Crippen molar-refractivity contribution in [3.05, 3.63) is 35.9 Å². The fraction of sp³-hybridized carbons (Fsp3) is 0.588. The molecule has 1 N–H and O–H groups in total. The van der Waals surface area contributed by atoms with Gasteiger partial charge in [-0.1, -0.05) is 37.3 Å². The Labute approximate surface area is 127 Å². The van der Waals surface area contributed by atoms with Crippen molar-refractivity contribution >= 4 is 5.91 Å². The molecule has 21 heavy (non-hydrogen) atoms. The Morgan fingerprint density at radius 2 is 2.10 bits per heavy atom. The third kappa shape index (κ3) is 4.55. The van der Waals surface area contributed by atoms with Crippen LogP contribution in [0.5, 0.6) is 0 Å². The van der Waals surface area contributed by atoms with Crippen molar-refractivity contribution in [2.75, 3.05) is 19.7 Å². The average Bonchev–Trinajstić information content (AvgIpc) is 2.80. The van der Waals surface area contributed by atoms with Gasteiger partial charge in [-0.15, -0.1) is 0 Å². The molecule has 3 atom stereocenters. The summed E-state index contributed by atoms with van der Waals surface area (Å²) in [6.07, 6.45) is -0.370. The molecule has 0 aromatic heterocycles. The largest absolute Gasteiger partial charge is 0.369 e. The molecular weight excluding hydrogens is 264 g/mol. The molecule has 0 saturated carbocycles. The lowest BCUT2D eigenvalue weighted by Crippen LogP contribution is -2.44. The highest BCUT2D eigenvalue weighted by Gasteiger charge is 2.31. The molecule has 0 radical (unpaired) electrons. The minimum Gasteiger partial charge on any atom is -0.369 e. The first kappa shape index (κ1) is 16.0. The predicted octanol–water partition coefficient (Wildman–Crippen LogP) is 2.05. The van der Waals surface area contributed by atoms with Crippen LogP contribution in [0, 0.1) is 5.92 Å². The number of nitrogens with zero attached hydrogens (tertiary/aromatic N) is 1. The van der Waals surface area contributed by atoms with Gasteiger partial charge in [-0.25, -0.2) is 0 Å². The first-order chi connectivity index (χ1) is 10.1. The molecule has 4 heteroatoms. The van der Waals surface area contributed by atoms with Gasteiger partial charge in [-0.05, 0) is 25.3 Å². The molecule has 1 aliphatic rings. The van der Waals surface area contributed by atoms with Gasteiger partial charge in [0.15, 0.2) is 0 Å². The summed E-state index contributed by atoms with van der Waals surface area (Å²) in [4.78, 5) is 14.4. The molecule has 1 aromatic rings. The van der Waals surface area contributed by atoms with Gasteiger partial charge in [0.1, 0.15) is 6.10 Å². The number of likely N-dealkylation sites (tertiary alicyclic amines) is 1. The fourth-order valence-electron chi connectivity index (χ4n) is 2.85. The maximum Gasteiger partial charge on any atom is 0.249 e. The van der Waals surface area contributed by atoms with Crippen molar-refractivity contribution in [2.24, 2.45) is 5.92 Å². The monoisotopic (exact) mass is 290 g/mol. The molecule has 1 aliphatic heterocycles. The summed E-state index contributed by atoms with van der Waals surface area (Å²) in [5.74, 6) is 0.460. The average molecular weight is 290 g/mol. The van der Waals surface area contributed by atoms with E-state index in [4.69, 9.17) is 4.74 Å². The molecule has 1 aromatic carbocycles. The first-order valence-electron chi connectivity index (χ1n) is 7.78. The molecule has 0 spiro atoms. The van der Waals surface area contributed by atoms with Gasteiger partial charge in [0.2, 0.25) is 5.91 Å². The van der Waals surface area contributed by atoms with Crippen molar-refractivity contribution in [3.63, 3.8) is 0 Å². The van der Waals surface area contributed by atoms with Gasteiger partial charge < -0.3 is 10.1 Å². The summed E-state index contributed by atoms with van der Waals surface area (Å²) in [5, 5.41) is 3.12. The highest BCUT2D eigenvalue weighted by Crippen LogP contribution is 2.19. The van der Waals surface area contributed by atoms with E-state index in [1.54, 1.807) is 6.92 Å². The Kier molecular flexibility index (Phi) is 5.76. The van der Waals surface area contributed by atoms with Crippen LogP contribution in [0.25, 0.3) is 0 Å².